The number of esters is 1. The normalized spacial score (nSPS) is 17.2. The molecule has 0 aromatic heterocycles. The van der Waals surface area contributed by atoms with Gasteiger partial charge in [0.1, 0.15) is 0 Å². The first kappa shape index (κ1) is 18.0. The van der Waals surface area contributed by atoms with Crippen molar-refractivity contribution in [3.63, 3.8) is 0 Å². The van der Waals surface area contributed by atoms with Crippen LogP contribution in [0.5, 0.6) is 0 Å². The zero-order chi connectivity index (χ0) is 17.5. The van der Waals surface area contributed by atoms with E-state index in [0.29, 0.717) is 11.3 Å². The predicted octanol–water partition coefficient (Wildman–Crippen LogP) is 2.59. The molecule has 1 aromatic rings. The summed E-state index contributed by atoms with van der Waals surface area (Å²) in [5, 5.41) is 2.61. The van der Waals surface area contributed by atoms with E-state index in [1.54, 1.807) is 18.2 Å². The predicted molar refractivity (Wildman–Crippen MR) is 90.7 cm³/mol. The summed E-state index contributed by atoms with van der Waals surface area (Å²) in [5.74, 6) is -0.931. The quantitative estimate of drug-likeness (QED) is 0.841. The highest BCUT2D eigenvalue weighted by atomic mass is 16.5. The fraction of sp³-hybridized carbons (Fsp3) is 0.500. The third-order valence-electron chi connectivity index (χ3n) is 4.16. The Hall–Kier alpha value is -2.37. The van der Waals surface area contributed by atoms with E-state index in [9.17, 15) is 14.4 Å². The fourth-order valence-corrected chi connectivity index (χ4v) is 2.97. The number of ether oxygens (including phenoxy) is 1. The Bertz CT molecular complexity index is 615. The molecule has 1 aliphatic rings. The van der Waals surface area contributed by atoms with Gasteiger partial charge in [0.05, 0.1) is 5.56 Å². The van der Waals surface area contributed by atoms with Gasteiger partial charge in [0.15, 0.2) is 6.61 Å². The molecule has 2 rings (SSSR count). The van der Waals surface area contributed by atoms with E-state index in [2.05, 4.69) is 12.2 Å². The molecule has 2 amide bonds. The third kappa shape index (κ3) is 4.81. The number of likely N-dealkylation sites (tertiary alicyclic amines) is 1. The van der Waals surface area contributed by atoms with Crippen LogP contribution in [0.1, 0.15) is 49.9 Å². The molecular formula is C18H24N2O4. The first-order chi connectivity index (χ1) is 11.5. The summed E-state index contributed by atoms with van der Waals surface area (Å²) >= 11 is 0. The first-order valence-electron chi connectivity index (χ1n) is 8.35. The van der Waals surface area contributed by atoms with Crippen molar-refractivity contribution in [1.29, 1.82) is 0 Å². The molecule has 1 heterocycles. The Labute approximate surface area is 142 Å². The lowest BCUT2D eigenvalue weighted by Gasteiger charge is -2.35. The molecule has 6 heteroatoms. The molecule has 6 nitrogen and oxygen atoms in total. The van der Waals surface area contributed by atoms with Crippen LogP contribution in [0.3, 0.4) is 0 Å². The highest BCUT2D eigenvalue weighted by Crippen LogP contribution is 2.19. The molecule has 0 saturated carbocycles. The van der Waals surface area contributed by atoms with Gasteiger partial charge < -0.3 is 15.0 Å². The number of hydrogen-bond acceptors (Lipinski definition) is 4. The minimum atomic E-state index is -0.569. The lowest BCUT2D eigenvalue weighted by Crippen LogP contribution is -2.45. The van der Waals surface area contributed by atoms with E-state index in [-0.39, 0.29) is 24.5 Å². The van der Waals surface area contributed by atoms with Gasteiger partial charge >= 0.3 is 5.97 Å². The second-order valence-electron chi connectivity index (χ2n) is 5.98. The maximum absolute atomic E-state index is 12.3. The van der Waals surface area contributed by atoms with E-state index in [1.807, 2.05) is 4.90 Å². The molecule has 0 bridgehead atoms. The Morgan fingerprint density at radius 3 is 2.79 bits per heavy atom. The van der Waals surface area contributed by atoms with Crippen molar-refractivity contribution in [2.45, 2.75) is 45.6 Å². The minimum Gasteiger partial charge on any atom is -0.452 e. The summed E-state index contributed by atoms with van der Waals surface area (Å²) in [5.41, 5.74) is 0.824. The number of benzene rings is 1. The summed E-state index contributed by atoms with van der Waals surface area (Å²) in [7, 11) is 0. The number of amides is 2. The van der Waals surface area contributed by atoms with Crippen LogP contribution in [0.2, 0.25) is 0 Å². The number of hydrogen-bond donors (Lipinski definition) is 1. The van der Waals surface area contributed by atoms with Crippen LogP contribution >= 0.6 is 0 Å². The van der Waals surface area contributed by atoms with Crippen molar-refractivity contribution < 1.29 is 19.1 Å². The van der Waals surface area contributed by atoms with Gasteiger partial charge in [-0.15, -0.1) is 0 Å². The standard InChI is InChI=1S/C18H24N2O4/c1-3-16-9-4-5-10-20(16)17(22)12-24-18(23)14-7-6-8-15(11-14)19-13(2)21/h6-8,11,16H,3-5,9-10,12H2,1-2H3,(H,19,21)/t16-/m1/s1. The second kappa shape index (κ2) is 8.47. The van der Waals surface area contributed by atoms with Gasteiger partial charge in [-0.3, -0.25) is 9.59 Å². The lowest BCUT2D eigenvalue weighted by atomic mass is 10.00. The molecule has 1 aromatic carbocycles. The maximum atomic E-state index is 12.3. The van der Waals surface area contributed by atoms with Gasteiger partial charge in [0.25, 0.3) is 5.91 Å². The summed E-state index contributed by atoms with van der Waals surface area (Å²) in [6.07, 6.45) is 4.06. The molecule has 1 aliphatic heterocycles. The van der Waals surface area contributed by atoms with Crippen LogP contribution in [-0.4, -0.2) is 41.9 Å². The largest absolute Gasteiger partial charge is 0.452 e. The van der Waals surface area contributed by atoms with Crippen molar-refractivity contribution in [2.75, 3.05) is 18.5 Å². The third-order valence-corrected chi connectivity index (χ3v) is 4.16. The lowest BCUT2D eigenvalue weighted by molar-refractivity contribution is -0.138. The number of carbonyl (C=O) groups excluding carboxylic acids is 3. The van der Waals surface area contributed by atoms with E-state index in [4.69, 9.17) is 4.74 Å². The smallest absolute Gasteiger partial charge is 0.338 e. The Morgan fingerprint density at radius 2 is 2.08 bits per heavy atom. The Kier molecular flexibility index (Phi) is 6.35. The molecule has 24 heavy (non-hydrogen) atoms. The van der Waals surface area contributed by atoms with E-state index < -0.39 is 5.97 Å². The SMILES string of the molecule is CC[C@@H]1CCCCN1C(=O)COC(=O)c1cccc(NC(C)=O)c1. The van der Waals surface area contributed by atoms with Crippen molar-refractivity contribution in [2.24, 2.45) is 0 Å². The van der Waals surface area contributed by atoms with E-state index in [1.165, 1.54) is 13.0 Å². The van der Waals surface area contributed by atoms with Gasteiger partial charge in [0.2, 0.25) is 5.91 Å². The molecule has 0 spiro atoms. The minimum absolute atomic E-state index is 0.145. The molecule has 1 atom stereocenters. The molecule has 1 N–H and O–H groups in total. The van der Waals surface area contributed by atoms with Gasteiger partial charge in [0, 0.05) is 25.2 Å². The average molecular weight is 332 g/mol. The van der Waals surface area contributed by atoms with Crippen LogP contribution in [0.25, 0.3) is 0 Å². The number of nitrogens with zero attached hydrogens (tertiary/aromatic N) is 1. The van der Waals surface area contributed by atoms with Crippen LogP contribution < -0.4 is 5.32 Å². The highest BCUT2D eigenvalue weighted by Gasteiger charge is 2.26. The molecule has 1 saturated heterocycles. The number of rotatable bonds is 5. The van der Waals surface area contributed by atoms with Crippen LogP contribution in [0.4, 0.5) is 5.69 Å². The topological polar surface area (TPSA) is 75.7 Å². The van der Waals surface area contributed by atoms with Crippen LogP contribution in [0, 0.1) is 0 Å². The second-order valence-corrected chi connectivity index (χ2v) is 5.98. The monoisotopic (exact) mass is 332 g/mol. The maximum Gasteiger partial charge on any atom is 0.338 e. The summed E-state index contributed by atoms with van der Waals surface area (Å²) in [6.45, 7) is 3.94. The molecular weight excluding hydrogens is 308 g/mol. The van der Waals surface area contributed by atoms with Crippen LogP contribution in [-0.2, 0) is 14.3 Å². The van der Waals surface area contributed by atoms with E-state index in [0.717, 1.165) is 32.2 Å². The zero-order valence-electron chi connectivity index (χ0n) is 14.2. The fourth-order valence-electron chi connectivity index (χ4n) is 2.97. The summed E-state index contributed by atoms with van der Waals surface area (Å²) in [6, 6.07) is 6.70. The van der Waals surface area contributed by atoms with E-state index >= 15 is 0 Å². The Balaban J connectivity index is 1.92. The molecule has 0 unspecified atom stereocenters. The molecule has 1 fully saturated rings. The van der Waals surface area contributed by atoms with Gasteiger partial charge in [-0.2, -0.15) is 0 Å². The zero-order valence-corrected chi connectivity index (χ0v) is 14.2. The van der Waals surface area contributed by atoms with Gasteiger partial charge in [-0.1, -0.05) is 13.0 Å². The van der Waals surface area contributed by atoms with Crippen molar-refractivity contribution in [3.8, 4) is 0 Å². The molecule has 130 valence electrons. The van der Waals surface area contributed by atoms with Crippen molar-refractivity contribution >= 4 is 23.5 Å². The summed E-state index contributed by atoms with van der Waals surface area (Å²) < 4.78 is 5.15. The number of piperidine rings is 1. The molecule has 0 radical (unpaired) electrons. The Morgan fingerprint density at radius 1 is 1.29 bits per heavy atom. The number of nitrogens with one attached hydrogen (secondary N) is 1. The van der Waals surface area contributed by atoms with Crippen molar-refractivity contribution in [1.82, 2.24) is 4.90 Å². The number of anilines is 1. The number of carbonyl (C=O) groups is 3. The average Bonchev–Trinajstić information content (AvgIpc) is 2.59. The van der Waals surface area contributed by atoms with Crippen LogP contribution in [0.15, 0.2) is 24.3 Å². The highest BCUT2D eigenvalue weighted by molar-refractivity contribution is 5.94. The van der Waals surface area contributed by atoms with Crippen molar-refractivity contribution in [3.05, 3.63) is 29.8 Å². The van der Waals surface area contributed by atoms with Gasteiger partial charge in [-0.05, 0) is 43.9 Å². The summed E-state index contributed by atoms with van der Waals surface area (Å²) in [4.78, 5) is 37.3. The molecule has 0 aliphatic carbocycles. The first-order valence-corrected chi connectivity index (χ1v) is 8.35. The van der Waals surface area contributed by atoms with Gasteiger partial charge in [-0.25, -0.2) is 4.79 Å².